The maximum Gasteiger partial charge on any atom is 0.187 e. The van der Waals surface area contributed by atoms with Crippen molar-refractivity contribution in [1.82, 2.24) is 0 Å². The van der Waals surface area contributed by atoms with Crippen LogP contribution in [-0.2, 0) is 19.0 Å². The highest BCUT2D eigenvalue weighted by Crippen LogP contribution is 2.29. The van der Waals surface area contributed by atoms with Gasteiger partial charge in [-0.05, 0) is 0 Å². The highest BCUT2D eigenvalue weighted by atomic mass is 16.7. The van der Waals surface area contributed by atoms with Gasteiger partial charge in [0.15, 0.2) is 18.8 Å². The minimum Gasteiger partial charge on any atom is -0.394 e. The van der Waals surface area contributed by atoms with Crippen molar-refractivity contribution in [3.8, 4) is 0 Å². The Balaban J connectivity index is 2.15. The molecule has 148 valence electrons. The fourth-order valence-electron chi connectivity index (χ4n) is 2.72. The van der Waals surface area contributed by atoms with Gasteiger partial charge in [-0.1, -0.05) is 0 Å². The smallest absolute Gasteiger partial charge is 0.187 e. The monoisotopic (exact) mass is 372 g/mol. The molecular formula is C12H24N2O11. The molecule has 2 saturated heterocycles. The second-order valence-corrected chi connectivity index (χ2v) is 5.87. The first-order valence-electron chi connectivity index (χ1n) is 7.49. The van der Waals surface area contributed by atoms with Crippen molar-refractivity contribution < 1.29 is 54.8 Å². The van der Waals surface area contributed by atoms with Crippen LogP contribution in [0.15, 0.2) is 0 Å². The van der Waals surface area contributed by atoms with Gasteiger partial charge in [-0.15, -0.1) is 0 Å². The maximum absolute atomic E-state index is 10.0. The normalized spacial score (nSPS) is 49.8. The largest absolute Gasteiger partial charge is 0.394 e. The van der Waals surface area contributed by atoms with Crippen LogP contribution >= 0.6 is 0 Å². The first-order valence-corrected chi connectivity index (χ1v) is 7.49. The summed E-state index contributed by atoms with van der Waals surface area (Å²) >= 11 is 0. The molecule has 0 amide bonds. The van der Waals surface area contributed by atoms with Crippen LogP contribution in [0.4, 0.5) is 0 Å². The Morgan fingerprint density at radius 2 is 1.52 bits per heavy atom. The van der Waals surface area contributed by atoms with E-state index in [1.165, 1.54) is 0 Å². The lowest BCUT2D eigenvalue weighted by Gasteiger charge is -2.46. The number of nitrogens with two attached hydrogens (primary N) is 2. The van der Waals surface area contributed by atoms with Gasteiger partial charge in [0.25, 0.3) is 0 Å². The molecule has 13 nitrogen and oxygen atoms in total. The van der Waals surface area contributed by atoms with Crippen molar-refractivity contribution in [2.45, 2.75) is 67.6 Å². The van der Waals surface area contributed by atoms with E-state index in [1.807, 2.05) is 0 Å². The van der Waals surface area contributed by atoms with Crippen molar-refractivity contribution in [3.63, 3.8) is 0 Å². The number of ether oxygens (including phenoxy) is 3. The van der Waals surface area contributed by atoms with E-state index in [1.54, 1.807) is 0 Å². The summed E-state index contributed by atoms with van der Waals surface area (Å²) in [4.78, 5) is 4.33. The Morgan fingerprint density at radius 1 is 0.880 bits per heavy atom. The number of hydrogen-bond donors (Lipinski definition) is 9. The van der Waals surface area contributed by atoms with Crippen LogP contribution in [0.5, 0.6) is 0 Å². The van der Waals surface area contributed by atoms with E-state index in [0.29, 0.717) is 0 Å². The van der Waals surface area contributed by atoms with Gasteiger partial charge in [0.05, 0.1) is 6.61 Å². The molecule has 1 unspecified atom stereocenters. The lowest BCUT2D eigenvalue weighted by atomic mass is 9.96. The van der Waals surface area contributed by atoms with E-state index in [0.717, 1.165) is 0 Å². The third-order valence-electron chi connectivity index (χ3n) is 4.22. The van der Waals surface area contributed by atoms with E-state index in [4.69, 9.17) is 25.8 Å². The quantitative estimate of drug-likeness (QED) is 0.162. The number of aliphatic hydroxyl groups is 7. The van der Waals surface area contributed by atoms with Crippen molar-refractivity contribution in [2.24, 2.45) is 11.6 Å². The van der Waals surface area contributed by atoms with Gasteiger partial charge in [-0.25, -0.2) is 5.90 Å². The van der Waals surface area contributed by atoms with Crippen molar-refractivity contribution >= 4 is 0 Å². The number of aliphatic hydroxyl groups excluding tert-OH is 7. The summed E-state index contributed by atoms with van der Waals surface area (Å²) in [5.74, 6) is 4.92. The summed E-state index contributed by atoms with van der Waals surface area (Å²) in [7, 11) is 0. The summed E-state index contributed by atoms with van der Waals surface area (Å²) in [6.07, 6.45) is -17.5. The predicted octanol–water partition coefficient (Wildman–Crippen LogP) is -6.21. The Hall–Kier alpha value is -0.520. The SMILES string of the molecule is NOC(N)[C@H]1O[C@@H](O[C@H]2[C@H](O)[C@@H](O)[C@@H](O)O[C@@H]2CO)[C@H](O)[C@@H](O)[C@H]1O. The van der Waals surface area contributed by atoms with Crippen molar-refractivity contribution in [2.75, 3.05) is 6.61 Å². The molecule has 0 spiro atoms. The third-order valence-corrected chi connectivity index (χ3v) is 4.22. The molecule has 0 saturated carbocycles. The molecule has 0 aliphatic carbocycles. The summed E-state index contributed by atoms with van der Waals surface area (Å²) in [6.45, 7) is -0.700. The molecule has 0 aromatic rings. The van der Waals surface area contributed by atoms with E-state index in [-0.39, 0.29) is 0 Å². The fraction of sp³-hybridized carbons (Fsp3) is 1.00. The van der Waals surface area contributed by atoms with Gasteiger partial charge in [-0.3, -0.25) is 4.84 Å². The molecule has 0 aromatic carbocycles. The van der Waals surface area contributed by atoms with E-state index in [2.05, 4.69) is 4.84 Å². The molecule has 2 aliphatic heterocycles. The van der Waals surface area contributed by atoms with E-state index in [9.17, 15) is 35.7 Å². The number of hydrogen-bond acceptors (Lipinski definition) is 13. The second kappa shape index (κ2) is 8.45. The molecule has 25 heavy (non-hydrogen) atoms. The first-order chi connectivity index (χ1) is 11.7. The third kappa shape index (κ3) is 4.09. The lowest BCUT2D eigenvalue weighted by molar-refractivity contribution is -0.360. The maximum atomic E-state index is 10.0. The molecule has 2 fully saturated rings. The van der Waals surface area contributed by atoms with Crippen LogP contribution < -0.4 is 11.6 Å². The lowest BCUT2D eigenvalue weighted by Crippen LogP contribution is -2.66. The van der Waals surface area contributed by atoms with Gasteiger partial charge < -0.3 is 55.7 Å². The Labute approximate surface area is 141 Å². The van der Waals surface area contributed by atoms with E-state index >= 15 is 0 Å². The average Bonchev–Trinajstić information content (AvgIpc) is 2.61. The summed E-state index contributed by atoms with van der Waals surface area (Å²) in [5.41, 5.74) is 5.49. The molecule has 2 heterocycles. The second-order valence-electron chi connectivity index (χ2n) is 5.87. The van der Waals surface area contributed by atoms with Gasteiger partial charge in [0.1, 0.15) is 48.8 Å². The molecule has 0 radical (unpaired) electrons. The highest BCUT2D eigenvalue weighted by Gasteiger charge is 2.51. The molecule has 0 aromatic heterocycles. The van der Waals surface area contributed by atoms with Crippen LogP contribution in [0.3, 0.4) is 0 Å². The molecule has 2 rings (SSSR count). The molecular weight excluding hydrogens is 348 g/mol. The molecule has 13 heteroatoms. The average molecular weight is 372 g/mol. The minimum absolute atomic E-state index is 0.700. The van der Waals surface area contributed by atoms with Gasteiger partial charge >= 0.3 is 0 Å². The minimum atomic E-state index is -1.77. The van der Waals surface area contributed by atoms with Gasteiger partial charge in [0.2, 0.25) is 0 Å². The zero-order valence-electron chi connectivity index (χ0n) is 13.0. The van der Waals surface area contributed by atoms with Crippen LogP contribution in [0, 0.1) is 0 Å². The topological polar surface area (TPSA) is 231 Å². The van der Waals surface area contributed by atoms with Gasteiger partial charge in [0, 0.05) is 0 Å². The Kier molecular flexibility index (Phi) is 7.02. The zero-order chi connectivity index (χ0) is 18.9. The first kappa shape index (κ1) is 20.8. The van der Waals surface area contributed by atoms with E-state index < -0.39 is 74.2 Å². The summed E-state index contributed by atoms with van der Waals surface area (Å²) < 4.78 is 15.5. The Morgan fingerprint density at radius 3 is 2.08 bits per heavy atom. The summed E-state index contributed by atoms with van der Waals surface area (Å²) in [6, 6.07) is 0. The molecule has 11 atom stereocenters. The van der Waals surface area contributed by atoms with Crippen LogP contribution in [0.2, 0.25) is 0 Å². The number of rotatable bonds is 5. The fourth-order valence-corrected chi connectivity index (χ4v) is 2.72. The molecule has 11 N–H and O–H groups in total. The molecule has 2 aliphatic rings. The zero-order valence-corrected chi connectivity index (χ0v) is 13.0. The van der Waals surface area contributed by atoms with Gasteiger partial charge in [-0.2, -0.15) is 0 Å². The van der Waals surface area contributed by atoms with Crippen molar-refractivity contribution in [3.05, 3.63) is 0 Å². The predicted molar refractivity (Wildman–Crippen MR) is 74.8 cm³/mol. The molecule has 0 bridgehead atoms. The van der Waals surface area contributed by atoms with Crippen LogP contribution in [0.25, 0.3) is 0 Å². The Bertz CT molecular complexity index is 430. The highest BCUT2D eigenvalue weighted by molar-refractivity contribution is 4.94. The van der Waals surface area contributed by atoms with Crippen molar-refractivity contribution in [1.29, 1.82) is 0 Å². The van der Waals surface area contributed by atoms with Crippen LogP contribution in [-0.4, -0.2) is 110 Å². The standard InChI is InChI=1S/C12H24N2O11/c13-10(25-14)9-4(17)3(16)7(20)12(24-9)23-8-2(1-15)22-11(21)6(19)5(8)18/h2-12,15-21H,1,13-14H2/t2-,3+,4-,5-,6-,7-,8-,9+,10?,11+,12-/m1/s1. The van der Waals surface area contributed by atoms with Crippen LogP contribution in [0.1, 0.15) is 0 Å². The summed E-state index contributed by atoms with van der Waals surface area (Å²) in [5, 5.41) is 68.2.